The van der Waals surface area contributed by atoms with Crippen LogP contribution in [-0.2, 0) is 9.53 Å². The zero-order valence-electron chi connectivity index (χ0n) is 15.8. The molecular formula is C19H26N2O5. The Kier molecular flexibility index (Phi) is 6.49. The second-order valence-electron chi connectivity index (χ2n) is 6.50. The predicted octanol–water partition coefficient (Wildman–Crippen LogP) is 2.92. The maximum Gasteiger partial charge on any atom is 0.338 e. The van der Waals surface area contributed by atoms with Crippen LogP contribution in [-0.4, -0.2) is 32.8 Å². The summed E-state index contributed by atoms with van der Waals surface area (Å²) >= 11 is 0. The smallest absolute Gasteiger partial charge is 0.338 e. The third kappa shape index (κ3) is 4.47. The molecule has 7 heteroatoms. The number of benzene rings is 1. The number of esters is 1. The number of hydrogen-bond acceptors (Lipinski definition) is 5. The van der Waals surface area contributed by atoms with Crippen LogP contribution in [0.4, 0.5) is 4.79 Å². The van der Waals surface area contributed by atoms with E-state index >= 15 is 0 Å². The summed E-state index contributed by atoms with van der Waals surface area (Å²) in [4.78, 5) is 24.7. The van der Waals surface area contributed by atoms with Gasteiger partial charge < -0.3 is 24.8 Å². The van der Waals surface area contributed by atoms with E-state index in [9.17, 15) is 9.59 Å². The molecule has 1 atom stereocenters. The van der Waals surface area contributed by atoms with Gasteiger partial charge in [-0.15, -0.1) is 0 Å². The molecule has 7 nitrogen and oxygen atoms in total. The van der Waals surface area contributed by atoms with Crippen molar-refractivity contribution in [2.45, 2.75) is 33.2 Å². The van der Waals surface area contributed by atoms with Crippen LogP contribution in [0.3, 0.4) is 0 Å². The van der Waals surface area contributed by atoms with Crippen LogP contribution < -0.4 is 20.1 Å². The Hall–Kier alpha value is -2.70. The van der Waals surface area contributed by atoms with Crippen molar-refractivity contribution in [1.82, 2.24) is 10.6 Å². The third-order valence-electron chi connectivity index (χ3n) is 4.17. The quantitative estimate of drug-likeness (QED) is 0.729. The second kappa shape index (κ2) is 8.60. The molecule has 142 valence electrons. The molecule has 0 spiro atoms. The molecule has 0 saturated heterocycles. The topological polar surface area (TPSA) is 85.9 Å². The first-order valence-electron chi connectivity index (χ1n) is 8.54. The average Bonchev–Trinajstić information content (AvgIpc) is 2.59. The minimum Gasteiger partial charge on any atom is -0.497 e. The summed E-state index contributed by atoms with van der Waals surface area (Å²) in [5.41, 5.74) is 1.43. The van der Waals surface area contributed by atoms with Gasteiger partial charge in [0, 0.05) is 11.3 Å². The van der Waals surface area contributed by atoms with Gasteiger partial charge in [-0.25, -0.2) is 9.59 Å². The normalized spacial score (nSPS) is 16.8. The number of amides is 2. The van der Waals surface area contributed by atoms with Gasteiger partial charge in [0.25, 0.3) is 0 Å². The van der Waals surface area contributed by atoms with E-state index in [1.807, 2.05) is 0 Å². The van der Waals surface area contributed by atoms with Gasteiger partial charge in [-0.05, 0) is 37.5 Å². The van der Waals surface area contributed by atoms with Gasteiger partial charge in [0.1, 0.15) is 11.5 Å². The Morgan fingerprint density at radius 2 is 1.96 bits per heavy atom. The lowest BCUT2D eigenvalue weighted by Gasteiger charge is -2.29. The summed E-state index contributed by atoms with van der Waals surface area (Å²) < 4.78 is 16.1. The van der Waals surface area contributed by atoms with E-state index in [1.54, 1.807) is 32.2 Å². The molecular weight excluding hydrogens is 336 g/mol. The number of nitrogens with one attached hydrogen (secondary N) is 2. The van der Waals surface area contributed by atoms with Gasteiger partial charge in [0.15, 0.2) is 0 Å². The van der Waals surface area contributed by atoms with E-state index in [-0.39, 0.29) is 0 Å². The molecule has 0 fully saturated rings. The van der Waals surface area contributed by atoms with E-state index in [1.165, 1.54) is 7.11 Å². The second-order valence-corrected chi connectivity index (χ2v) is 6.50. The fourth-order valence-electron chi connectivity index (χ4n) is 2.73. The standard InChI is InChI=1S/C19H26N2O5/c1-11(2)8-9-26-18(22)16-12(3)20-19(23)21-17(16)14-10-13(24-4)6-7-15(14)25-5/h6-7,10-11,17H,8-9H2,1-5H3,(H2,20,21,23)/t17-/m1/s1. The van der Waals surface area contributed by atoms with Crippen molar-refractivity contribution in [3.05, 3.63) is 35.0 Å². The highest BCUT2D eigenvalue weighted by atomic mass is 16.5. The summed E-state index contributed by atoms with van der Waals surface area (Å²) in [6.45, 7) is 6.12. The third-order valence-corrected chi connectivity index (χ3v) is 4.17. The van der Waals surface area contributed by atoms with E-state index in [0.717, 1.165) is 6.42 Å². The van der Waals surface area contributed by atoms with E-state index in [4.69, 9.17) is 14.2 Å². The number of carbonyl (C=O) groups excluding carboxylic acids is 2. The minimum absolute atomic E-state index is 0.323. The largest absolute Gasteiger partial charge is 0.497 e. The van der Waals surface area contributed by atoms with E-state index in [0.29, 0.717) is 40.9 Å². The molecule has 1 aromatic rings. The number of ether oxygens (including phenoxy) is 3. The highest BCUT2D eigenvalue weighted by Crippen LogP contribution is 2.35. The number of allylic oxidation sites excluding steroid dienone is 1. The molecule has 0 saturated carbocycles. The highest BCUT2D eigenvalue weighted by molar-refractivity contribution is 5.95. The Morgan fingerprint density at radius 3 is 2.58 bits per heavy atom. The maximum atomic E-state index is 12.7. The van der Waals surface area contributed by atoms with Crippen molar-refractivity contribution >= 4 is 12.0 Å². The van der Waals surface area contributed by atoms with Crippen molar-refractivity contribution in [3.8, 4) is 11.5 Å². The maximum absolute atomic E-state index is 12.7. The van der Waals surface area contributed by atoms with Crippen LogP contribution >= 0.6 is 0 Å². The van der Waals surface area contributed by atoms with Gasteiger partial charge in [-0.3, -0.25) is 0 Å². The molecule has 2 amide bonds. The van der Waals surface area contributed by atoms with Crippen LogP contribution in [0.15, 0.2) is 29.5 Å². The Labute approximate surface area is 153 Å². The first kappa shape index (κ1) is 19.6. The van der Waals surface area contributed by atoms with Crippen LogP contribution in [0.2, 0.25) is 0 Å². The molecule has 1 heterocycles. The highest BCUT2D eigenvalue weighted by Gasteiger charge is 2.34. The average molecular weight is 362 g/mol. The van der Waals surface area contributed by atoms with Crippen LogP contribution in [0.25, 0.3) is 0 Å². The summed E-state index contributed by atoms with van der Waals surface area (Å²) in [5.74, 6) is 1.10. The molecule has 1 aliphatic rings. The number of carbonyl (C=O) groups is 2. The number of methoxy groups -OCH3 is 2. The summed E-state index contributed by atoms with van der Waals surface area (Å²) in [7, 11) is 3.08. The molecule has 2 N–H and O–H groups in total. The van der Waals surface area contributed by atoms with Gasteiger partial charge in [0.2, 0.25) is 0 Å². The number of rotatable bonds is 7. The zero-order valence-corrected chi connectivity index (χ0v) is 15.8. The number of urea groups is 1. The molecule has 2 rings (SSSR count). The van der Waals surface area contributed by atoms with E-state index in [2.05, 4.69) is 24.5 Å². The molecule has 0 radical (unpaired) electrons. The summed E-state index contributed by atoms with van der Waals surface area (Å²) in [6, 6.07) is 4.14. The van der Waals surface area contributed by atoms with Crippen molar-refractivity contribution in [3.63, 3.8) is 0 Å². The summed E-state index contributed by atoms with van der Waals surface area (Å²) in [5, 5.41) is 5.41. The molecule has 26 heavy (non-hydrogen) atoms. The first-order valence-corrected chi connectivity index (χ1v) is 8.54. The Morgan fingerprint density at radius 1 is 1.23 bits per heavy atom. The molecule has 0 bridgehead atoms. The lowest BCUT2D eigenvalue weighted by molar-refractivity contribution is -0.139. The monoisotopic (exact) mass is 362 g/mol. The minimum atomic E-state index is -0.694. The first-order chi connectivity index (χ1) is 12.4. The molecule has 0 aromatic heterocycles. The molecule has 1 aliphatic heterocycles. The molecule has 0 unspecified atom stereocenters. The number of hydrogen-bond donors (Lipinski definition) is 2. The van der Waals surface area contributed by atoms with Crippen molar-refractivity contribution in [2.75, 3.05) is 20.8 Å². The van der Waals surface area contributed by atoms with Gasteiger partial charge >= 0.3 is 12.0 Å². The Bertz CT molecular complexity index is 712. The fraction of sp³-hybridized carbons (Fsp3) is 0.474. The Balaban J connectivity index is 2.39. The summed E-state index contributed by atoms with van der Waals surface area (Å²) in [6.07, 6.45) is 0.769. The zero-order chi connectivity index (χ0) is 19.3. The molecule has 0 aliphatic carbocycles. The van der Waals surface area contributed by atoms with Crippen LogP contribution in [0, 0.1) is 5.92 Å². The van der Waals surface area contributed by atoms with Crippen molar-refractivity contribution in [2.24, 2.45) is 5.92 Å². The van der Waals surface area contributed by atoms with Gasteiger partial charge in [0.05, 0.1) is 32.4 Å². The fourth-order valence-corrected chi connectivity index (χ4v) is 2.73. The lowest BCUT2D eigenvalue weighted by atomic mass is 9.94. The molecule has 1 aromatic carbocycles. The lowest BCUT2D eigenvalue weighted by Crippen LogP contribution is -2.45. The van der Waals surface area contributed by atoms with Gasteiger partial charge in [-0.1, -0.05) is 13.8 Å². The van der Waals surface area contributed by atoms with Crippen molar-refractivity contribution in [1.29, 1.82) is 0 Å². The van der Waals surface area contributed by atoms with Crippen molar-refractivity contribution < 1.29 is 23.8 Å². The van der Waals surface area contributed by atoms with Crippen LogP contribution in [0.1, 0.15) is 38.8 Å². The van der Waals surface area contributed by atoms with Crippen LogP contribution in [0.5, 0.6) is 11.5 Å². The predicted molar refractivity (Wildman–Crippen MR) is 97.1 cm³/mol. The van der Waals surface area contributed by atoms with E-state index < -0.39 is 18.0 Å². The SMILES string of the molecule is COc1ccc(OC)c([C@H]2NC(=O)NC(C)=C2C(=O)OCCC(C)C)c1. The van der Waals surface area contributed by atoms with Gasteiger partial charge in [-0.2, -0.15) is 0 Å².